The summed E-state index contributed by atoms with van der Waals surface area (Å²) in [4.78, 5) is 4.21. The van der Waals surface area contributed by atoms with Crippen molar-refractivity contribution in [2.45, 2.75) is 32.9 Å². The fourth-order valence-electron chi connectivity index (χ4n) is 1.90. The van der Waals surface area contributed by atoms with E-state index >= 15 is 0 Å². The molecule has 1 heterocycles. The van der Waals surface area contributed by atoms with Crippen LogP contribution < -0.4 is 10.1 Å². The maximum atomic E-state index is 13.3. The summed E-state index contributed by atoms with van der Waals surface area (Å²) in [7, 11) is 1.57. The molecule has 5 nitrogen and oxygen atoms in total. The van der Waals surface area contributed by atoms with E-state index in [9.17, 15) is 4.39 Å². The fourth-order valence-corrected chi connectivity index (χ4v) is 1.90. The Labute approximate surface area is 117 Å². The van der Waals surface area contributed by atoms with Gasteiger partial charge in [0, 0.05) is 18.0 Å². The summed E-state index contributed by atoms with van der Waals surface area (Å²) in [6.45, 7) is 4.33. The number of rotatable bonds is 6. The van der Waals surface area contributed by atoms with E-state index in [1.54, 1.807) is 13.2 Å². The zero-order valence-corrected chi connectivity index (χ0v) is 11.8. The number of nitrogens with one attached hydrogen (secondary N) is 1. The smallest absolute Gasteiger partial charge is 0.226 e. The summed E-state index contributed by atoms with van der Waals surface area (Å²) in [6, 6.07) is 4.36. The minimum absolute atomic E-state index is 0.0933. The van der Waals surface area contributed by atoms with Gasteiger partial charge >= 0.3 is 0 Å². The van der Waals surface area contributed by atoms with E-state index in [-0.39, 0.29) is 11.9 Å². The molecule has 0 saturated heterocycles. The molecule has 0 bridgehead atoms. The normalized spacial score (nSPS) is 12.4. The van der Waals surface area contributed by atoms with Gasteiger partial charge in [-0.2, -0.15) is 4.98 Å². The topological polar surface area (TPSA) is 60.2 Å². The van der Waals surface area contributed by atoms with Gasteiger partial charge in [-0.25, -0.2) is 4.39 Å². The van der Waals surface area contributed by atoms with Gasteiger partial charge in [-0.1, -0.05) is 12.1 Å². The van der Waals surface area contributed by atoms with Crippen LogP contribution >= 0.6 is 0 Å². The Balaban J connectivity index is 2.04. The van der Waals surface area contributed by atoms with Gasteiger partial charge in [0.25, 0.3) is 0 Å². The maximum Gasteiger partial charge on any atom is 0.226 e. The molecule has 0 aliphatic heterocycles. The first-order chi connectivity index (χ1) is 9.63. The largest absolute Gasteiger partial charge is 0.496 e. The fraction of sp³-hybridized carbons (Fsp3) is 0.429. The minimum Gasteiger partial charge on any atom is -0.496 e. The molecule has 20 heavy (non-hydrogen) atoms. The molecule has 0 amide bonds. The lowest BCUT2D eigenvalue weighted by Crippen LogP contribution is -2.19. The lowest BCUT2D eigenvalue weighted by Gasteiger charge is -2.16. The summed E-state index contributed by atoms with van der Waals surface area (Å²) < 4.78 is 23.6. The van der Waals surface area contributed by atoms with Crippen LogP contribution in [0.3, 0.4) is 0 Å². The summed E-state index contributed by atoms with van der Waals surface area (Å²) in [6.07, 6.45) is 0.709. The molecule has 6 heteroatoms. The van der Waals surface area contributed by atoms with E-state index in [1.807, 2.05) is 13.8 Å². The number of benzene rings is 1. The average Bonchev–Trinajstić information content (AvgIpc) is 2.92. The first-order valence-corrected chi connectivity index (χ1v) is 6.52. The first-order valence-electron chi connectivity index (χ1n) is 6.52. The van der Waals surface area contributed by atoms with E-state index < -0.39 is 0 Å². The van der Waals surface area contributed by atoms with Crippen molar-refractivity contribution in [1.29, 1.82) is 0 Å². The molecule has 1 aromatic carbocycles. The van der Waals surface area contributed by atoms with Crippen LogP contribution in [0.4, 0.5) is 4.39 Å². The van der Waals surface area contributed by atoms with Crippen LogP contribution in [0.25, 0.3) is 0 Å². The molecule has 1 atom stereocenters. The molecular weight excluding hydrogens is 261 g/mol. The Morgan fingerprint density at radius 3 is 2.90 bits per heavy atom. The average molecular weight is 279 g/mol. The van der Waals surface area contributed by atoms with Crippen LogP contribution in [0.1, 0.15) is 37.2 Å². The third-order valence-electron chi connectivity index (χ3n) is 3.04. The molecule has 0 unspecified atom stereocenters. The van der Waals surface area contributed by atoms with Gasteiger partial charge in [-0.05, 0) is 25.1 Å². The highest BCUT2D eigenvalue weighted by Crippen LogP contribution is 2.25. The molecule has 0 spiro atoms. The van der Waals surface area contributed by atoms with Crippen molar-refractivity contribution >= 4 is 0 Å². The molecule has 0 saturated carbocycles. The number of halogens is 1. The Morgan fingerprint density at radius 1 is 1.45 bits per heavy atom. The predicted molar refractivity (Wildman–Crippen MR) is 71.9 cm³/mol. The molecule has 0 aliphatic rings. The van der Waals surface area contributed by atoms with Crippen molar-refractivity contribution in [3.63, 3.8) is 0 Å². The van der Waals surface area contributed by atoms with Crippen LogP contribution in [0, 0.1) is 5.82 Å². The lowest BCUT2D eigenvalue weighted by atomic mass is 10.1. The molecule has 0 aliphatic carbocycles. The van der Waals surface area contributed by atoms with E-state index in [0.717, 1.165) is 5.56 Å². The monoisotopic (exact) mass is 279 g/mol. The van der Waals surface area contributed by atoms with E-state index in [2.05, 4.69) is 15.5 Å². The molecule has 108 valence electrons. The number of aryl methyl sites for hydroxylation is 1. The Bertz CT molecular complexity index is 571. The zero-order chi connectivity index (χ0) is 14.5. The molecule has 0 radical (unpaired) electrons. The third kappa shape index (κ3) is 3.33. The molecule has 2 rings (SSSR count). The SMILES string of the molecule is CCc1nc(CN[C@@H](C)c2cc(F)ccc2OC)no1. The molecular formula is C14H18FN3O2. The van der Waals surface area contributed by atoms with Crippen molar-refractivity contribution in [3.05, 3.63) is 41.3 Å². The molecule has 1 N–H and O–H groups in total. The standard InChI is InChI=1S/C14H18FN3O2/c1-4-14-17-13(18-20-14)8-16-9(2)11-7-10(15)5-6-12(11)19-3/h5-7,9,16H,4,8H2,1-3H3/t9-/m0/s1. The van der Waals surface area contributed by atoms with Crippen LogP contribution in [0.2, 0.25) is 0 Å². The van der Waals surface area contributed by atoms with Crippen molar-refractivity contribution in [2.75, 3.05) is 7.11 Å². The first kappa shape index (κ1) is 14.5. The highest BCUT2D eigenvalue weighted by atomic mass is 19.1. The van der Waals surface area contributed by atoms with Crippen LogP contribution in [0.5, 0.6) is 5.75 Å². The van der Waals surface area contributed by atoms with Gasteiger partial charge in [0.1, 0.15) is 11.6 Å². The van der Waals surface area contributed by atoms with E-state index in [4.69, 9.17) is 9.26 Å². The molecule has 2 aromatic rings. The number of nitrogens with zero attached hydrogens (tertiary/aromatic N) is 2. The van der Waals surface area contributed by atoms with Crippen LogP contribution in [0.15, 0.2) is 22.7 Å². The highest BCUT2D eigenvalue weighted by Gasteiger charge is 2.13. The lowest BCUT2D eigenvalue weighted by molar-refractivity contribution is 0.372. The van der Waals surface area contributed by atoms with E-state index in [0.29, 0.717) is 30.4 Å². The van der Waals surface area contributed by atoms with Gasteiger partial charge in [0.05, 0.1) is 13.7 Å². The second-order valence-electron chi connectivity index (χ2n) is 4.45. The number of methoxy groups -OCH3 is 1. The predicted octanol–water partition coefficient (Wildman–Crippen LogP) is 2.63. The quantitative estimate of drug-likeness (QED) is 0.880. The molecule has 1 aromatic heterocycles. The molecule has 0 fully saturated rings. The minimum atomic E-state index is -0.290. The van der Waals surface area contributed by atoms with Crippen molar-refractivity contribution in [1.82, 2.24) is 15.5 Å². The van der Waals surface area contributed by atoms with E-state index in [1.165, 1.54) is 12.1 Å². The highest BCUT2D eigenvalue weighted by molar-refractivity contribution is 5.36. The summed E-state index contributed by atoms with van der Waals surface area (Å²) >= 11 is 0. The van der Waals surface area contributed by atoms with Gasteiger partial charge in [-0.15, -0.1) is 0 Å². The summed E-state index contributed by atoms with van der Waals surface area (Å²) in [5, 5.41) is 7.08. The number of hydrogen-bond acceptors (Lipinski definition) is 5. The van der Waals surface area contributed by atoms with Crippen LogP contribution in [-0.2, 0) is 13.0 Å². The van der Waals surface area contributed by atoms with Gasteiger partial charge in [0.2, 0.25) is 5.89 Å². The Hall–Kier alpha value is -1.95. The van der Waals surface area contributed by atoms with Gasteiger partial charge < -0.3 is 14.6 Å². The zero-order valence-electron chi connectivity index (χ0n) is 11.8. The number of aromatic nitrogens is 2. The summed E-state index contributed by atoms with van der Waals surface area (Å²) in [5.74, 6) is 1.55. The third-order valence-corrected chi connectivity index (χ3v) is 3.04. The van der Waals surface area contributed by atoms with Crippen molar-refractivity contribution in [3.8, 4) is 5.75 Å². The second-order valence-corrected chi connectivity index (χ2v) is 4.45. The summed E-state index contributed by atoms with van der Waals surface area (Å²) in [5.41, 5.74) is 0.756. The second kappa shape index (κ2) is 6.47. The van der Waals surface area contributed by atoms with Gasteiger partial charge in [0.15, 0.2) is 5.82 Å². The number of ether oxygens (including phenoxy) is 1. The van der Waals surface area contributed by atoms with Crippen LogP contribution in [-0.4, -0.2) is 17.3 Å². The Kier molecular flexibility index (Phi) is 4.68. The number of hydrogen-bond donors (Lipinski definition) is 1. The van der Waals surface area contributed by atoms with Crippen molar-refractivity contribution < 1.29 is 13.7 Å². The maximum absolute atomic E-state index is 13.3. The Morgan fingerprint density at radius 2 is 2.25 bits per heavy atom. The van der Waals surface area contributed by atoms with Crippen molar-refractivity contribution in [2.24, 2.45) is 0 Å². The van der Waals surface area contributed by atoms with Gasteiger partial charge in [-0.3, -0.25) is 0 Å².